The maximum absolute atomic E-state index is 12.1. The lowest BCUT2D eigenvalue weighted by molar-refractivity contribution is 0.0954. The fourth-order valence-corrected chi connectivity index (χ4v) is 2.25. The van der Waals surface area contributed by atoms with Gasteiger partial charge in [-0.25, -0.2) is 0 Å². The Balaban J connectivity index is 2.18. The second-order valence-electron chi connectivity index (χ2n) is 4.40. The molecule has 0 saturated heterocycles. The van der Waals surface area contributed by atoms with Crippen molar-refractivity contribution in [2.45, 2.75) is 0 Å². The minimum absolute atomic E-state index is 0.0288. The summed E-state index contributed by atoms with van der Waals surface area (Å²) >= 11 is 0. The van der Waals surface area contributed by atoms with Crippen molar-refractivity contribution >= 4 is 11.6 Å². The topological polar surface area (TPSA) is 41.5 Å². The second kappa shape index (κ2) is 5.06. The van der Waals surface area contributed by atoms with Gasteiger partial charge in [0, 0.05) is 23.2 Å². The van der Waals surface area contributed by atoms with Gasteiger partial charge in [-0.05, 0) is 6.07 Å². The fourth-order valence-electron chi connectivity index (χ4n) is 2.25. The second-order valence-corrected chi connectivity index (χ2v) is 4.40. The lowest BCUT2D eigenvalue weighted by Crippen LogP contribution is -2.30. The van der Waals surface area contributed by atoms with Crippen LogP contribution in [-0.2, 0) is 0 Å². The molecular formula is C16H14N2O. The van der Waals surface area contributed by atoms with E-state index in [0.717, 1.165) is 16.8 Å². The maximum atomic E-state index is 12.1. The number of hydrogen-bond acceptors (Lipinski definition) is 2. The molecule has 0 atom stereocenters. The first-order valence-corrected chi connectivity index (χ1v) is 6.34. The molecule has 0 radical (unpaired) electrons. The van der Waals surface area contributed by atoms with Gasteiger partial charge in [0.1, 0.15) is 0 Å². The van der Waals surface area contributed by atoms with Crippen LogP contribution < -0.4 is 5.32 Å². The summed E-state index contributed by atoms with van der Waals surface area (Å²) < 4.78 is 0. The van der Waals surface area contributed by atoms with Crippen molar-refractivity contribution in [3.05, 3.63) is 71.3 Å². The molecule has 2 aromatic carbocycles. The molecule has 3 nitrogen and oxygen atoms in total. The van der Waals surface area contributed by atoms with Crippen LogP contribution in [0.4, 0.5) is 0 Å². The Morgan fingerprint density at radius 3 is 2.37 bits per heavy atom. The van der Waals surface area contributed by atoms with Crippen LogP contribution in [-0.4, -0.2) is 24.7 Å². The molecule has 1 N–H and O–H groups in total. The Hall–Kier alpha value is -2.42. The third-order valence-electron chi connectivity index (χ3n) is 3.14. The Morgan fingerprint density at radius 2 is 1.58 bits per heavy atom. The van der Waals surface area contributed by atoms with Crippen LogP contribution in [0.1, 0.15) is 21.5 Å². The minimum Gasteiger partial charge on any atom is -0.350 e. The van der Waals surface area contributed by atoms with Crippen LogP contribution in [0.15, 0.2) is 59.6 Å². The molecule has 0 unspecified atom stereocenters. The predicted octanol–water partition coefficient (Wildman–Crippen LogP) is 2.27. The zero-order valence-corrected chi connectivity index (χ0v) is 10.5. The van der Waals surface area contributed by atoms with Crippen LogP contribution in [0, 0.1) is 0 Å². The molecule has 3 rings (SSSR count). The number of nitrogens with zero attached hydrogens (tertiary/aromatic N) is 1. The number of nitrogens with one attached hydrogen (secondary N) is 1. The Morgan fingerprint density at radius 1 is 0.895 bits per heavy atom. The van der Waals surface area contributed by atoms with Gasteiger partial charge in [0.15, 0.2) is 0 Å². The molecule has 2 aromatic rings. The van der Waals surface area contributed by atoms with Crippen molar-refractivity contribution in [2.75, 3.05) is 13.1 Å². The summed E-state index contributed by atoms with van der Waals surface area (Å²) in [5, 5.41) is 2.87. The number of amides is 1. The highest BCUT2D eigenvalue weighted by Gasteiger charge is 2.17. The monoisotopic (exact) mass is 250 g/mol. The summed E-state index contributed by atoms with van der Waals surface area (Å²) in [4.78, 5) is 16.7. The van der Waals surface area contributed by atoms with Gasteiger partial charge in [0.05, 0.1) is 12.3 Å². The van der Waals surface area contributed by atoms with E-state index in [2.05, 4.69) is 10.3 Å². The summed E-state index contributed by atoms with van der Waals surface area (Å²) in [6.45, 7) is 1.17. The first-order valence-electron chi connectivity index (χ1n) is 6.34. The third-order valence-corrected chi connectivity index (χ3v) is 3.14. The quantitative estimate of drug-likeness (QED) is 0.828. The Labute approximate surface area is 112 Å². The molecule has 0 fully saturated rings. The fraction of sp³-hybridized carbons (Fsp3) is 0.125. The number of benzene rings is 2. The third kappa shape index (κ3) is 2.27. The van der Waals surface area contributed by atoms with Crippen LogP contribution in [0.2, 0.25) is 0 Å². The van der Waals surface area contributed by atoms with E-state index in [4.69, 9.17) is 0 Å². The summed E-state index contributed by atoms with van der Waals surface area (Å²) in [6.07, 6.45) is 0. The van der Waals surface area contributed by atoms with E-state index in [-0.39, 0.29) is 5.91 Å². The van der Waals surface area contributed by atoms with Gasteiger partial charge in [0.25, 0.3) is 5.91 Å². The molecule has 0 aromatic heterocycles. The minimum atomic E-state index is -0.0288. The van der Waals surface area contributed by atoms with E-state index in [0.29, 0.717) is 18.7 Å². The molecule has 0 saturated carbocycles. The lowest BCUT2D eigenvalue weighted by atomic mass is 9.96. The zero-order valence-electron chi connectivity index (χ0n) is 10.5. The van der Waals surface area contributed by atoms with Gasteiger partial charge in [-0.15, -0.1) is 0 Å². The predicted molar refractivity (Wildman–Crippen MR) is 75.7 cm³/mol. The lowest BCUT2D eigenvalue weighted by Gasteiger charge is -2.15. The van der Waals surface area contributed by atoms with Gasteiger partial charge >= 0.3 is 0 Å². The highest BCUT2D eigenvalue weighted by Crippen LogP contribution is 2.17. The SMILES string of the molecule is O=C1NCC/N=C(/c2ccccc2)c2ccccc21. The molecule has 3 heteroatoms. The number of rotatable bonds is 1. The van der Waals surface area contributed by atoms with Crippen molar-refractivity contribution in [2.24, 2.45) is 4.99 Å². The summed E-state index contributed by atoms with van der Waals surface area (Å²) in [5.41, 5.74) is 3.52. The van der Waals surface area contributed by atoms with E-state index in [9.17, 15) is 4.79 Å². The van der Waals surface area contributed by atoms with Gasteiger partial charge in [-0.1, -0.05) is 48.5 Å². The highest BCUT2D eigenvalue weighted by atomic mass is 16.1. The molecule has 0 spiro atoms. The number of fused-ring (bicyclic) bond motifs is 1. The molecule has 1 heterocycles. The maximum Gasteiger partial charge on any atom is 0.252 e. The Bertz CT molecular complexity index is 632. The summed E-state index contributed by atoms with van der Waals surface area (Å²) in [7, 11) is 0. The molecular weight excluding hydrogens is 236 g/mol. The normalized spacial score (nSPS) is 17.5. The first-order chi connectivity index (χ1) is 9.36. The largest absolute Gasteiger partial charge is 0.350 e. The van der Waals surface area contributed by atoms with E-state index >= 15 is 0 Å². The number of aliphatic imine (C=N–C) groups is 1. The number of carbonyl (C=O) groups is 1. The Kier molecular flexibility index (Phi) is 3.11. The smallest absolute Gasteiger partial charge is 0.252 e. The molecule has 19 heavy (non-hydrogen) atoms. The molecule has 0 aliphatic carbocycles. The molecule has 94 valence electrons. The van der Waals surface area contributed by atoms with E-state index in [1.54, 1.807) is 0 Å². The standard InChI is InChI=1S/C16H14N2O/c19-16-14-9-5-4-8-13(14)15(17-10-11-18-16)12-6-2-1-3-7-12/h1-9H,10-11H2,(H,18,19)/b17-15-. The number of hydrogen-bond donors (Lipinski definition) is 1. The van der Waals surface area contributed by atoms with Gasteiger partial charge < -0.3 is 5.32 Å². The van der Waals surface area contributed by atoms with Gasteiger partial charge in [0.2, 0.25) is 0 Å². The zero-order chi connectivity index (χ0) is 13.1. The molecule has 1 amide bonds. The average molecular weight is 250 g/mol. The van der Waals surface area contributed by atoms with Crippen molar-refractivity contribution in [1.29, 1.82) is 0 Å². The van der Waals surface area contributed by atoms with Crippen molar-refractivity contribution in [3.8, 4) is 0 Å². The van der Waals surface area contributed by atoms with Gasteiger partial charge in [-0.3, -0.25) is 9.79 Å². The van der Waals surface area contributed by atoms with Crippen LogP contribution in [0.25, 0.3) is 0 Å². The summed E-state index contributed by atoms with van der Waals surface area (Å²) in [5.74, 6) is -0.0288. The first kappa shape index (κ1) is 11.7. The summed E-state index contributed by atoms with van der Waals surface area (Å²) in [6, 6.07) is 17.6. The van der Waals surface area contributed by atoms with Crippen LogP contribution in [0.5, 0.6) is 0 Å². The average Bonchev–Trinajstić information content (AvgIpc) is 2.46. The van der Waals surface area contributed by atoms with Crippen molar-refractivity contribution in [1.82, 2.24) is 5.32 Å². The van der Waals surface area contributed by atoms with E-state index in [1.807, 2.05) is 54.6 Å². The van der Waals surface area contributed by atoms with Crippen LogP contribution in [0.3, 0.4) is 0 Å². The van der Waals surface area contributed by atoms with Gasteiger partial charge in [-0.2, -0.15) is 0 Å². The van der Waals surface area contributed by atoms with Crippen molar-refractivity contribution < 1.29 is 4.79 Å². The molecule has 1 aliphatic rings. The molecule has 0 bridgehead atoms. The van der Waals surface area contributed by atoms with E-state index < -0.39 is 0 Å². The van der Waals surface area contributed by atoms with E-state index in [1.165, 1.54) is 0 Å². The number of carbonyl (C=O) groups excluding carboxylic acids is 1. The van der Waals surface area contributed by atoms with Crippen LogP contribution >= 0.6 is 0 Å². The highest BCUT2D eigenvalue weighted by molar-refractivity contribution is 6.18. The van der Waals surface area contributed by atoms with Crippen molar-refractivity contribution in [3.63, 3.8) is 0 Å². The molecule has 1 aliphatic heterocycles.